The fourth-order valence-electron chi connectivity index (χ4n) is 1.57. The molecule has 80 valence electrons. The van der Waals surface area contributed by atoms with Crippen LogP contribution >= 0.6 is 0 Å². The summed E-state index contributed by atoms with van der Waals surface area (Å²) in [5.74, 6) is -1.05. The predicted octanol–water partition coefficient (Wildman–Crippen LogP) is 0.837. The molecule has 1 aromatic carbocycles. The summed E-state index contributed by atoms with van der Waals surface area (Å²) < 4.78 is 0. The van der Waals surface area contributed by atoms with Crippen LogP contribution in [0.4, 0.5) is 0 Å². The third-order valence-corrected chi connectivity index (χ3v) is 2.21. The molecule has 0 aliphatic heterocycles. The normalized spacial score (nSPS) is 9.93. The summed E-state index contributed by atoms with van der Waals surface area (Å²) in [6.07, 6.45) is 1.45. The molecule has 4 nitrogen and oxygen atoms in total. The van der Waals surface area contributed by atoms with Crippen molar-refractivity contribution in [1.82, 2.24) is 0 Å². The SMILES string of the molecule is CCCc1c(C(N)=O)cccc1C(N)=O. The summed E-state index contributed by atoms with van der Waals surface area (Å²) in [5, 5.41) is 0. The number of hydrogen-bond donors (Lipinski definition) is 2. The smallest absolute Gasteiger partial charge is 0.249 e. The topological polar surface area (TPSA) is 86.2 Å². The van der Waals surface area contributed by atoms with Gasteiger partial charge in [-0.3, -0.25) is 9.59 Å². The molecule has 0 atom stereocenters. The van der Waals surface area contributed by atoms with E-state index in [1.54, 1.807) is 18.2 Å². The van der Waals surface area contributed by atoms with Crippen molar-refractivity contribution in [3.8, 4) is 0 Å². The van der Waals surface area contributed by atoms with Crippen LogP contribution in [0.15, 0.2) is 18.2 Å². The Labute approximate surface area is 88.3 Å². The second-order valence-electron chi connectivity index (χ2n) is 3.31. The van der Waals surface area contributed by atoms with E-state index in [0.29, 0.717) is 23.1 Å². The molecule has 0 bridgehead atoms. The van der Waals surface area contributed by atoms with Crippen LogP contribution in [0.3, 0.4) is 0 Å². The molecule has 0 heterocycles. The highest BCUT2D eigenvalue weighted by atomic mass is 16.1. The molecule has 0 saturated carbocycles. The van der Waals surface area contributed by atoms with E-state index in [9.17, 15) is 9.59 Å². The van der Waals surface area contributed by atoms with Crippen LogP contribution in [0, 0.1) is 0 Å². The Bertz CT molecular complexity index is 367. The van der Waals surface area contributed by atoms with Gasteiger partial charge in [0.15, 0.2) is 0 Å². The number of carbonyl (C=O) groups is 2. The highest BCUT2D eigenvalue weighted by Gasteiger charge is 2.14. The molecule has 2 amide bonds. The Balaban J connectivity index is 3.34. The van der Waals surface area contributed by atoms with Gasteiger partial charge in [-0.1, -0.05) is 19.4 Å². The van der Waals surface area contributed by atoms with E-state index in [2.05, 4.69) is 0 Å². The van der Waals surface area contributed by atoms with Crippen LogP contribution in [0.5, 0.6) is 0 Å². The van der Waals surface area contributed by atoms with Gasteiger partial charge in [0.2, 0.25) is 11.8 Å². The number of nitrogens with two attached hydrogens (primary N) is 2. The van der Waals surface area contributed by atoms with Crippen LogP contribution in [-0.2, 0) is 6.42 Å². The maximum Gasteiger partial charge on any atom is 0.249 e. The Hall–Kier alpha value is -1.84. The zero-order valence-electron chi connectivity index (χ0n) is 8.62. The van der Waals surface area contributed by atoms with Crippen molar-refractivity contribution in [3.63, 3.8) is 0 Å². The first-order chi connectivity index (χ1) is 7.07. The summed E-state index contributed by atoms with van der Waals surface area (Å²) in [6, 6.07) is 4.83. The molecule has 4 N–H and O–H groups in total. The molecule has 1 aromatic rings. The number of rotatable bonds is 4. The van der Waals surface area contributed by atoms with Crippen molar-refractivity contribution >= 4 is 11.8 Å². The second kappa shape index (κ2) is 4.59. The monoisotopic (exact) mass is 206 g/mol. The molecule has 0 radical (unpaired) electrons. The summed E-state index contributed by atoms with van der Waals surface area (Å²) in [5.41, 5.74) is 11.9. The lowest BCUT2D eigenvalue weighted by Crippen LogP contribution is -2.19. The van der Waals surface area contributed by atoms with Crippen molar-refractivity contribution in [2.45, 2.75) is 19.8 Å². The lowest BCUT2D eigenvalue weighted by molar-refractivity contribution is 0.0999. The number of benzene rings is 1. The minimum absolute atomic E-state index is 0.383. The Kier molecular flexibility index (Phi) is 3.44. The van der Waals surface area contributed by atoms with Crippen LogP contribution < -0.4 is 11.5 Å². The first-order valence-electron chi connectivity index (χ1n) is 4.79. The van der Waals surface area contributed by atoms with Crippen LogP contribution in [0.25, 0.3) is 0 Å². The van der Waals surface area contributed by atoms with Gasteiger partial charge in [0.1, 0.15) is 0 Å². The van der Waals surface area contributed by atoms with E-state index in [1.807, 2.05) is 6.92 Å². The quantitative estimate of drug-likeness (QED) is 0.764. The second-order valence-corrected chi connectivity index (χ2v) is 3.31. The number of hydrogen-bond acceptors (Lipinski definition) is 2. The highest BCUT2D eigenvalue weighted by Crippen LogP contribution is 2.16. The molecular formula is C11H14N2O2. The van der Waals surface area contributed by atoms with Crippen molar-refractivity contribution in [2.75, 3.05) is 0 Å². The first kappa shape index (κ1) is 11.2. The maximum atomic E-state index is 11.1. The van der Waals surface area contributed by atoms with E-state index in [1.165, 1.54) is 0 Å². The van der Waals surface area contributed by atoms with Crippen LogP contribution in [0.2, 0.25) is 0 Å². The largest absolute Gasteiger partial charge is 0.366 e. The molecule has 4 heteroatoms. The predicted molar refractivity (Wildman–Crippen MR) is 57.5 cm³/mol. The average Bonchev–Trinajstić information content (AvgIpc) is 2.17. The van der Waals surface area contributed by atoms with Gasteiger partial charge < -0.3 is 11.5 Å². The molecule has 0 spiro atoms. The molecule has 15 heavy (non-hydrogen) atoms. The minimum Gasteiger partial charge on any atom is -0.366 e. The van der Waals surface area contributed by atoms with E-state index >= 15 is 0 Å². The summed E-state index contributed by atoms with van der Waals surface area (Å²) >= 11 is 0. The van der Waals surface area contributed by atoms with Crippen molar-refractivity contribution < 1.29 is 9.59 Å². The van der Waals surface area contributed by atoms with Crippen molar-refractivity contribution in [3.05, 3.63) is 34.9 Å². The zero-order chi connectivity index (χ0) is 11.4. The van der Waals surface area contributed by atoms with E-state index in [0.717, 1.165) is 6.42 Å². The van der Waals surface area contributed by atoms with Gasteiger partial charge in [0.05, 0.1) is 0 Å². The average molecular weight is 206 g/mol. The number of carbonyl (C=O) groups excluding carboxylic acids is 2. The number of primary amides is 2. The fraction of sp³-hybridized carbons (Fsp3) is 0.273. The Morgan fingerprint density at radius 3 is 1.93 bits per heavy atom. The number of amides is 2. The van der Waals surface area contributed by atoms with Gasteiger partial charge in [-0.25, -0.2) is 0 Å². The van der Waals surface area contributed by atoms with Crippen molar-refractivity contribution in [2.24, 2.45) is 11.5 Å². The minimum atomic E-state index is -0.526. The lowest BCUT2D eigenvalue weighted by atomic mass is 9.96. The van der Waals surface area contributed by atoms with E-state index in [-0.39, 0.29) is 0 Å². The zero-order valence-corrected chi connectivity index (χ0v) is 8.62. The first-order valence-corrected chi connectivity index (χ1v) is 4.79. The molecule has 1 rings (SSSR count). The van der Waals surface area contributed by atoms with Crippen molar-refractivity contribution in [1.29, 1.82) is 0 Å². The van der Waals surface area contributed by atoms with Gasteiger partial charge in [0.25, 0.3) is 0 Å². The van der Waals surface area contributed by atoms with E-state index < -0.39 is 11.8 Å². The maximum absolute atomic E-state index is 11.1. The third-order valence-electron chi connectivity index (χ3n) is 2.21. The van der Waals surface area contributed by atoms with Crippen LogP contribution in [-0.4, -0.2) is 11.8 Å². The molecule has 0 fully saturated rings. The Morgan fingerprint density at radius 2 is 1.60 bits per heavy atom. The summed E-state index contributed by atoms with van der Waals surface area (Å²) in [7, 11) is 0. The molecule has 0 aliphatic rings. The molecule has 0 aliphatic carbocycles. The molecule has 0 aromatic heterocycles. The van der Waals surface area contributed by atoms with Gasteiger partial charge >= 0.3 is 0 Å². The van der Waals surface area contributed by atoms with E-state index in [4.69, 9.17) is 11.5 Å². The molecule has 0 unspecified atom stereocenters. The third kappa shape index (κ3) is 2.34. The van der Waals surface area contributed by atoms with Gasteiger partial charge in [-0.05, 0) is 24.1 Å². The Morgan fingerprint density at radius 1 is 1.13 bits per heavy atom. The van der Waals surface area contributed by atoms with Gasteiger partial charge in [0, 0.05) is 11.1 Å². The van der Waals surface area contributed by atoms with Gasteiger partial charge in [-0.15, -0.1) is 0 Å². The molecular weight excluding hydrogens is 192 g/mol. The lowest BCUT2D eigenvalue weighted by Gasteiger charge is -2.09. The fourth-order valence-corrected chi connectivity index (χ4v) is 1.57. The highest BCUT2D eigenvalue weighted by molar-refractivity contribution is 6.00. The van der Waals surface area contributed by atoms with Crippen LogP contribution in [0.1, 0.15) is 39.6 Å². The van der Waals surface area contributed by atoms with Gasteiger partial charge in [-0.2, -0.15) is 0 Å². The molecule has 0 saturated heterocycles. The summed E-state index contributed by atoms with van der Waals surface area (Å²) in [4.78, 5) is 22.3. The standard InChI is InChI=1S/C11H14N2O2/c1-2-4-7-8(10(12)14)5-3-6-9(7)11(13)15/h3,5-6H,2,4H2,1H3,(H2,12,14)(H2,13,15). The summed E-state index contributed by atoms with van der Waals surface area (Å²) in [6.45, 7) is 1.96.